The molecule has 2 saturated heterocycles. The molecule has 0 radical (unpaired) electrons. The molecule has 2 aromatic rings. The molecule has 8 heteroatoms. The van der Waals surface area contributed by atoms with E-state index in [0.717, 1.165) is 5.56 Å². The Bertz CT molecular complexity index is 1030. The lowest BCUT2D eigenvalue weighted by Crippen LogP contribution is -2.40. The first-order valence-electron chi connectivity index (χ1n) is 9.54. The zero-order chi connectivity index (χ0) is 21.1. The minimum absolute atomic E-state index is 0.0447. The Labute approximate surface area is 178 Å². The summed E-state index contributed by atoms with van der Waals surface area (Å²) in [6.07, 6.45) is 1.77. The number of benzene rings is 2. The number of thioether (sulfide) groups is 1. The van der Waals surface area contributed by atoms with E-state index in [0.29, 0.717) is 47.6 Å². The first kappa shape index (κ1) is 20.2. The second-order valence-electron chi connectivity index (χ2n) is 6.92. The van der Waals surface area contributed by atoms with Crippen molar-refractivity contribution in [3.63, 3.8) is 0 Å². The summed E-state index contributed by atoms with van der Waals surface area (Å²) in [4.78, 5) is 33.7. The highest BCUT2D eigenvalue weighted by molar-refractivity contribution is 8.18. The number of amidine groups is 1. The van der Waals surface area contributed by atoms with Crippen molar-refractivity contribution in [2.45, 2.75) is 0 Å². The van der Waals surface area contributed by atoms with Crippen LogP contribution in [0.3, 0.4) is 0 Å². The van der Waals surface area contributed by atoms with Gasteiger partial charge < -0.3 is 14.7 Å². The first-order chi connectivity index (χ1) is 14.5. The smallest absolute Gasteiger partial charge is 0.266 e. The summed E-state index contributed by atoms with van der Waals surface area (Å²) >= 11 is 1.28. The molecule has 0 saturated carbocycles. The fourth-order valence-electron chi connectivity index (χ4n) is 3.14. The molecule has 2 aliphatic heterocycles. The maximum absolute atomic E-state index is 12.7. The van der Waals surface area contributed by atoms with Gasteiger partial charge in [0.1, 0.15) is 5.75 Å². The van der Waals surface area contributed by atoms with Gasteiger partial charge in [-0.3, -0.25) is 14.5 Å². The lowest BCUT2D eigenvalue weighted by molar-refractivity contribution is -0.121. The molecule has 0 bridgehead atoms. The first-order valence-corrected chi connectivity index (χ1v) is 10.4. The number of aliphatic imine (C=N–C) groups is 1. The van der Waals surface area contributed by atoms with Crippen LogP contribution in [0.4, 0.5) is 5.69 Å². The van der Waals surface area contributed by atoms with E-state index >= 15 is 0 Å². The van der Waals surface area contributed by atoms with Gasteiger partial charge in [-0.2, -0.15) is 0 Å². The van der Waals surface area contributed by atoms with Crippen LogP contribution in [0.2, 0.25) is 0 Å². The lowest BCUT2D eigenvalue weighted by atomic mass is 10.1. The van der Waals surface area contributed by atoms with E-state index < -0.39 is 0 Å². The van der Waals surface area contributed by atoms with Crippen LogP contribution in [0.1, 0.15) is 15.9 Å². The quantitative estimate of drug-likeness (QED) is 0.767. The number of amides is 2. The van der Waals surface area contributed by atoms with Gasteiger partial charge in [0.05, 0.1) is 23.8 Å². The molecule has 4 rings (SSSR count). The van der Waals surface area contributed by atoms with Crippen molar-refractivity contribution in [1.29, 1.82) is 0 Å². The van der Waals surface area contributed by atoms with E-state index in [1.54, 1.807) is 60.5 Å². The number of hydrogen-bond donors (Lipinski definition) is 1. The summed E-state index contributed by atoms with van der Waals surface area (Å²) in [5.41, 5.74) is 1.99. The van der Waals surface area contributed by atoms with Crippen molar-refractivity contribution in [2.24, 2.45) is 4.99 Å². The molecule has 2 fully saturated rings. The Kier molecular flexibility index (Phi) is 5.87. The number of ether oxygens (including phenoxy) is 1. The fraction of sp³-hybridized carbons (Fsp3) is 0.227. The number of carbonyl (C=O) groups is 2. The standard InChI is InChI=1S/C22H21N3O4S/c1-24-21(28)19(13-15-5-7-18(26)8-6-15)30-22(24)23-17-4-2-3-16(14-17)20(27)25-9-11-29-12-10-25/h2-8,13-14,26H,9-12H2,1H3/b19-13+,23-22?. The Morgan fingerprint density at radius 1 is 1.17 bits per heavy atom. The van der Waals surface area contributed by atoms with Crippen molar-refractivity contribution >= 4 is 40.5 Å². The van der Waals surface area contributed by atoms with E-state index in [-0.39, 0.29) is 17.6 Å². The maximum atomic E-state index is 12.7. The predicted molar refractivity (Wildman–Crippen MR) is 117 cm³/mol. The third-order valence-corrected chi connectivity index (χ3v) is 5.87. The average molecular weight is 423 g/mol. The number of phenolic OH excluding ortho intramolecular Hbond substituents is 1. The number of morpholine rings is 1. The van der Waals surface area contributed by atoms with Crippen LogP contribution in [0, 0.1) is 0 Å². The molecule has 2 aromatic carbocycles. The molecule has 30 heavy (non-hydrogen) atoms. The van der Waals surface area contributed by atoms with Crippen molar-refractivity contribution < 1.29 is 19.4 Å². The van der Waals surface area contributed by atoms with Crippen LogP contribution in [0.5, 0.6) is 5.75 Å². The van der Waals surface area contributed by atoms with Crippen LogP contribution in [0.25, 0.3) is 6.08 Å². The van der Waals surface area contributed by atoms with Gasteiger partial charge in [-0.15, -0.1) is 0 Å². The van der Waals surface area contributed by atoms with Gasteiger partial charge in [-0.25, -0.2) is 4.99 Å². The van der Waals surface area contributed by atoms with E-state index in [2.05, 4.69) is 4.99 Å². The summed E-state index contributed by atoms with van der Waals surface area (Å²) in [6.45, 7) is 2.26. The molecule has 0 spiro atoms. The van der Waals surface area contributed by atoms with E-state index in [1.807, 2.05) is 6.07 Å². The van der Waals surface area contributed by atoms with E-state index in [9.17, 15) is 14.7 Å². The minimum Gasteiger partial charge on any atom is -0.508 e. The molecule has 0 atom stereocenters. The number of rotatable bonds is 3. The van der Waals surface area contributed by atoms with Gasteiger partial charge in [0.2, 0.25) is 0 Å². The SMILES string of the molecule is CN1C(=O)/C(=C\c2ccc(O)cc2)SC1=Nc1cccc(C(=O)N2CCOCC2)c1. The summed E-state index contributed by atoms with van der Waals surface area (Å²) in [7, 11) is 1.68. The van der Waals surface area contributed by atoms with Crippen molar-refractivity contribution in [3.8, 4) is 5.75 Å². The van der Waals surface area contributed by atoms with Gasteiger partial charge in [-0.05, 0) is 53.7 Å². The minimum atomic E-state index is -0.146. The van der Waals surface area contributed by atoms with Crippen LogP contribution >= 0.6 is 11.8 Å². The summed E-state index contributed by atoms with van der Waals surface area (Å²) in [5.74, 6) is -0.0161. The third kappa shape index (κ3) is 4.39. The highest BCUT2D eigenvalue weighted by Gasteiger charge is 2.30. The Balaban J connectivity index is 1.55. The second-order valence-corrected chi connectivity index (χ2v) is 7.92. The molecule has 0 unspecified atom stereocenters. The predicted octanol–water partition coefficient (Wildman–Crippen LogP) is 3.10. The van der Waals surface area contributed by atoms with Gasteiger partial charge in [0.15, 0.2) is 5.17 Å². The van der Waals surface area contributed by atoms with Gasteiger partial charge in [-0.1, -0.05) is 18.2 Å². The number of nitrogens with zero attached hydrogens (tertiary/aromatic N) is 3. The third-order valence-electron chi connectivity index (χ3n) is 4.81. The summed E-state index contributed by atoms with van der Waals surface area (Å²) < 4.78 is 5.30. The zero-order valence-corrected chi connectivity index (χ0v) is 17.3. The number of aromatic hydroxyl groups is 1. The molecule has 2 aliphatic rings. The second kappa shape index (κ2) is 8.73. The molecule has 7 nitrogen and oxygen atoms in total. The molecule has 2 amide bonds. The number of likely N-dealkylation sites (N-methyl/N-ethyl adjacent to an activating group) is 1. The average Bonchev–Trinajstić information content (AvgIpc) is 3.03. The maximum Gasteiger partial charge on any atom is 0.266 e. The molecular weight excluding hydrogens is 402 g/mol. The van der Waals surface area contributed by atoms with Gasteiger partial charge in [0, 0.05) is 25.7 Å². The van der Waals surface area contributed by atoms with Gasteiger partial charge >= 0.3 is 0 Å². The van der Waals surface area contributed by atoms with Crippen LogP contribution in [0.15, 0.2) is 58.4 Å². The Hall–Kier alpha value is -3.10. The molecule has 2 heterocycles. The van der Waals surface area contributed by atoms with E-state index in [4.69, 9.17) is 4.74 Å². The highest BCUT2D eigenvalue weighted by atomic mass is 32.2. The molecule has 0 aliphatic carbocycles. The number of phenols is 1. The fourth-order valence-corrected chi connectivity index (χ4v) is 4.13. The number of carbonyl (C=O) groups excluding carboxylic acids is 2. The van der Waals surface area contributed by atoms with Crippen molar-refractivity contribution in [2.75, 3.05) is 33.4 Å². The molecule has 0 aromatic heterocycles. The van der Waals surface area contributed by atoms with Crippen molar-refractivity contribution in [1.82, 2.24) is 9.80 Å². The lowest BCUT2D eigenvalue weighted by Gasteiger charge is -2.26. The van der Waals surface area contributed by atoms with Crippen LogP contribution in [-0.4, -0.2) is 65.2 Å². The van der Waals surface area contributed by atoms with Crippen molar-refractivity contribution in [3.05, 3.63) is 64.6 Å². The molecule has 1 N–H and O–H groups in total. The van der Waals surface area contributed by atoms with Gasteiger partial charge in [0.25, 0.3) is 11.8 Å². The molecular formula is C22H21N3O4S. The summed E-state index contributed by atoms with van der Waals surface area (Å²) in [6, 6.07) is 13.8. The highest BCUT2D eigenvalue weighted by Crippen LogP contribution is 2.33. The van der Waals surface area contributed by atoms with Crippen LogP contribution in [-0.2, 0) is 9.53 Å². The largest absolute Gasteiger partial charge is 0.508 e. The summed E-state index contributed by atoms with van der Waals surface area (Å²) in [5, 5.41) is 9.95. The Morgan fingerprint density at radius 2 is 1.90 bits per heavy atom. The monoisotopic (exact) mass is 423 g/mol. The topological polar surface area (TPSA) is 82.4 Å². The Morgan fingerprint density at radius 3 is 2.63 bits per heavy atom. The normalized spacial score (nSPS) is 19.7. The molecule has 154 valence electrons. The van der Waals surface area contributed by atoms with Crippen LogP contribution < -0.4 is 0 Å². The zero-order valence-electron chi connectivity index (χ0n) is 16.4. The number of hydrogen-bond acceptors (Lipinski definition) is 6. The van der Waals surface area contributed by atoms with E-state index in [1.165, 1.54) is 16.7 Å².